The summed E-state index contributed by atoms with van der Waals surface area (Å²) < 4.78 is 1.86. The van der Waals surface area contributed by atoms with E-state index >= 15 is 0 Å². The number of fused-ring (bicyclic) bond motifs is 1. The highest BCUT2D eigenvalue weighted by Gasteiger charge is 2.21. The summed E-state index contributed by atoms with van der Waals surface area (Å²) in [5.41, 5.74) is 2.51. The fraction of sp³-hybridized carbons (Fsp3) is 0.550. The molecule has 4 rings (SSSR count). The van der Waals surface area contributed by atoms with Gasteiger partial charge in [-0.25, -0.2) is 9.97 Å². The van der Waals surface area contributed by atoms with Crippen LogP contribution in [0.15, 0.2) is 12.4 Å². The maximum Gasteiger partial charge on any atom is 0.146 e. The van der Waals surface area contributed by atoms with E-state index in [0.29, 0.717) is 0 Å². The second-order valence-corrected chi connectivity index (χ2v) is 8.65. The van der Waals surface area contributed by atoms with E-state index in [-0.39, 0.29) is 0 Å². The first kappa shape index (κ1) is 18.4. The summed E-state index contributed by atoms with van der Waals surface area (Å²) in [5, 5.41) is 5.54. The van der Waals surface area contributed by atoms with E-state index in [1.807, 2.05) is 17.9 Å². The van der Waals surface area contributed by atoms with Crippen molar-refractivity contribution >= 4 is 27.4 Å². The van der Waals surface area contributed by atoms with Crippen LogP contribution in [0.25, 0.3) is 10.2 Å². The molecule has 0 aliphatic carbocycles. The number of nitrogens with zero attached hydrogens (tertiary/aromatic N) is 6. The van der Waals surface area contributed by atoms with Gasteiger partial charge in [0.2, 0.25) is 0 Å². The predicted octanol–water partition coefficient (Wildman–Crippen LogP) is 3.66. The highest BCUT2D eigenvalue weighted by Crippen LogP contribution is 2.35. The second-order valence-electron chi connectivity index (χ2n) is 7.45. The number of rotatable bonds is 6. The molecule has 0 saturated carbocycles. The summed E-state index contributed by atoms with van der Waals surface area (Å²) in [6.45, 7) is 11.5. The van der Waals surface area contributed by atoms with Crippen LogP contribution in [0.5, 0.6) is 0 Å². The van der Waals surface area contributed by atoms with Crippen LogP contribution < -0.4 is 4.90 Å². The van der Waals surface area contributed by atoms with Gasteiger partial charge in [0, 0.05) is 36.8 Å². The molecule has 0 spiro atoms. The van der Waals surface area contributed by atoms with Crippen molar-refractivity contribution in [1.29, 1.82) is 0 Å². The van der Waals surface area contributed by atoms with Crippen LogP contribution in [0.2, 0.25) is 0 Å². The first-order valence-corrected chi connectivity index (χ1v) is 10.6. The van der Waals surface area contributed by atoms with Gasteiger partial charge in [-0.2, -0.15) is 5.10 Å². The van der Waals surface area contributed by atoms with E-state index in [9.17, 15) is 0 Å². The summed E-state index contributed by atoms with van der Waals surface area (Å²) in [5.74, 6) is 2.02. The van der Waals surface area contributed by atoms with E-state index in [1.165, 1.54) is 34.2 Å². The van der Waals surface area contributed by atoms with E-state index < -0.39 is 0 Å². The lowest BCUT2D eigenvalue weighted by molar-refractivity contribution is 0.323. The molecule has 1 saturated heterocycles. The van der Waals surface area contributed by atoms with Crippen molar-refractivity contribution in [1.82, 2.24) is 24.6 Å². The number of hydrogen-bond acceptors (Lipinski definition) is 6. The lowest BCUT2D eigenvalue weighted by Crippen LogP contribution is -2.25. The van der Waals surface area contributed by atoms with Gasteiger partial charge in [-0.05, 0) is 52.3 Å². The van der Waals surface area contributed by atoms with Crippen molar-refractivity contribution in [2.75, 3.05) is 24.5 Å². The van der Waals surface area contributed by atoms with Gasteiger partial charge in [-0.1, -0.05) is 0 Å². The SMILES string of the molecule is CCN(Cc1cnn(C)c1)c1nc(CN2CCCC2)nc2sc(C)c(C)c12. The number of likely N-dealkylation sites (tertiary alicyclic amines) is 1. The molecular weight excluding hydrogens is 356 g/mol. The number of thiophene rings is 1. The third-order valence-corrected chi connectivity index (χ3v) is 6.53. The average Bonchev–Trinajstić information content (AvgIpc) is 3.35. The van der Waals surface area contributed by atoms with Crippen molar-refractivity contribution in [3.05, 3.63) is 34.2 Å². The Bertz CT molecular complexity index is 937. The third kappa shape index (κ3) is 3.71. The van der Waals surface area contributed by atoms with Crippen molar-refractivity contribution < 1.29 is 0 Å². The molecule has 0 atom stereocenters. The molecule has 0 N–H and O–H groups in total. The third-order valence-electron chi connectivity index (χ3n) is 5.43. The molecule has 1 fully saturated rings. The minimum atomic E-state index is 0.813. The zero-order valence-electron chi connectivity index (χ0n) is 16.7. The Morgan fingerprint density at radius 2 is 1.96 bits per heavy atom. The predicted molar refractivity (Wildman–Crippen MR) is 111 cm³/mol. The number of aryl methyl sites for hydroxylation is 3. The molecule has 0 aromatic carbocycles. The van der Waals surface area contributed by atoms with Crippen molar-refractivity contribution in [2.24, 2.45) is 7.05 Å². The summed E-state index contributed by atoms with van der Waals surface area (Å²) >= 11 is 1.79. The molecule has 0 unspecified atom stereocenters. The first-order chi connectivity index (χ1) is 13.0. The molecule has 7 heteroatoms. The van der Waals surface area contributed by atoms with Crippen LogP contribution in [-0.4, -0.2) is 44.3 Å². The maximum absolute atomic E-state index is 5.07. The van der Waals surface area contributed by atoms with Gasteiger partial charge in [0.25, 0.3) is 0 Å². The molecule has 3 aromatic rings. The van der Waals surface area contributed by atoms with Gasteiger partial charge < -0.3 is 4.90 Å². The minimum Gasteiger partial charge on any atom is -0.352 e. The van der Waals surface area contributed by atoms with Gasteiger partial charge in [0.05, 0.1) is 18.1 Å². The summed E-state index contributed by atoms with van der Waals surface area (Å²) in [6, 6.07) is 0. The zero-order chi connectivity index (χ0) is 19.0. The number of aromatic nitrogens is 4. The zero-order valence-corrected chi connectivity index (χ0v) is 17.5. The van der Waals surface area contributed by atoms with Crippen LogP contribution in [-0.2, 0) is 20.1 Å². The molecule has 0 radical (unpaired) electrons. The Morgan fingerprint density at radius 3 is 2.63 bits per heavy atom. The highest BCUT2D eigenvalue weighted by molar-refractivity contribution is 7.18. The van der Waals surface area contributed by atoms with Crippen LogP contribution in [0.1, 0.15) is 41.6 Å². The average molecular weight is 385 g/mol. The van der Waals surface area contributed by atoms with Gasteiger partial charge in [-0.3, -0.25) is 9.58 Å². The van der Waals surface area contributed by atoms with Crippen LogP contribution in [0.4, 0.5) is 5.82 Å². The van der Waals surface area contributed by atoms with E-state index in [0.717, 1.165) is 49.2 Å². The maximum atomic E-state index is 5.07. The van der Waals surface area contributed by atoms with Crippen molar-refractivity contribution in [2.45, 2.75) is 46.7 Å². The number of anilines is 1. The Hall–Kier alpha value is -1.99. The normalized spacial score (nSPS) is 15.1. The quantitative estimate of drug-likeness (QED) is 0.649. The highest BCUT2D eigenvalue weighted by atomic mass is 32.1. The molecular formula is C20H28N6S. The number of hydrogen-bond donors (Lipinski definition) is 0. The van der Waals surface area contributed by atoms with Crippen LogP contribution in [0.3, 0.4) is 0 Å². The van der Waals surface area contributed by atoms with Gasteiger partial charge in [0.1, 0.15) is 16.5 Å². The van der Waals surface area contributed by atoms with E-state index in [4.69, 9.17) is 9.97 Å². The largest absolute Gasteiger partial charge is 0.352 e. The fourth-order valence-electron chi connectivity index (χ4n) is 3.82. The summed E-state index contributed by atoms with van der Waals surface area (Å²) in [6.07, 6.45) is 6.60. The molecule has 27 heavy (non-hydrogen) atoms. The molecule has 4 heterocycles. The Kier molecular flexibility index (Phi) is 5.14. The Morgan fingerprint density at radius 1 is 1.19 bits per heavy atom. The summed E-state index contributed by atoms with van der Waals surface area (Å²) in [4.78, 5) is 17.3. The molecule has 1 aliphatic rings. The minimum absolute atomic E-state index is 0.813. The lowest BCUT2D eigenvalue weighted by Gasteiger charge is -2.23. The molecule has 6 nitrogen and oxygen atoms in total. The van der Waals surface area contributed by atoms with Crippen molar-refractivity contribution in [3.63, 3.8) is 0 Å². The Balaban J connectivity index is 1.75. The van der Waals surface area contributed by atoms with Crippen LogP contribution in [0, 0.1) is 13.8 Å². The standard InChI is InChI=1S/C20H28N6S/c1-5-26(12-16-10-21-24(4)11-16)19-18-14(2)15(3)27-20(18)23-17(22-19)13-25-8-6-7-9-25/h10-11H,5-9,12-13H2,1-4H3. The molecule has 144 valence electrons. The van der Waals surface area contributed by atoms with E-state index in [1.54, 1.807) is 11.3 Å². The van der Waals surface area contributed by atoms with Crippen LogP contribution >= 0.6 is 11.3 Å². The Labute approximate surface area is 164 Å². The fourth-order valence-corrected chi connectivity index (χ4v) is 4.86. The van der Waals surface area contributed by atoms with Gasteiger partial charge >= 0.3 is 0 Å². The monoisotopic (exact) mass is 384 g/mol. The smallest absolute Gasteiger partial charge is 0.146 e. The molecule has 1 aliphatic heterocycles. The molecule has 0 amide bonds. The summed E-state index contributed by atoms with van der Waals surface area (Å²) in [7, 11) is 1.96. The topological polar surface area (TPSA) is 50.1 Å². The molecule has 3 aromatic heterocycles. The lowest BCUT2D eigenvalue weighted by atomic mass is 10.2. The van der Waals surface area contributed by atoms with Crippen molar-refractivity contribution in [3.8, 4) is 0 Å². The van der Waals surface area contributed by atoms with Gasteiger partial charge in [-0.15, -0.1) is 11.3 Å². The van der Waals surface area contributed by atoms with E-state index in [2.05, 4.69) is 41.9 Å². The molecule has 0 bridgehead atoms. The first-order valence-electron chi connectivity index (χ1n) is 9.76. The van der Waals surface area contributed by atoms with Gasteiger partial charge in [0.15, 0.2) is 0 Å². The second kappa shape index (κ2) is 7.56.